The summed E-state index contributed by atoms with van der Waals surface area (Å²) < 4.78 is 1.89. The van der Waals surface area contributed by atoms with Crippen molar-refractivity contribution in [2.45, 2.75) is 13.5 Å². The Balaban J connectivity index is 1.48. The molecule has 2 aromatic carbocycles. The normalized spacial score (nSPS) is 10.8. The number of nitrogens with zero attached hydrogens (tertiary/aromatic N) is 4. The first-order chi connectivity index (χ1) is 14.0. The second-order valence-corrected chi connectivity index (χ2v) is 6.52. The van der Waals surface area contributed by atoms with Crippen molar-refractivity contribution < 1.29 is 9.72 Å². The van der Waals surface area contributed by atoms with Crippen molar-refractivity contribution in [2.24, 2.45) is 0 Å². The Labute approximate surface area is 166 Å². The van der Waals surface area contributed by atoms with Gasteiger partial charge in [-0.05, 0) is 36.8 Å². The largest absolute Gasteiger partial charge is 0.348 e. The number of aromatic nitrogens is 3. The van der Waals surface area contributed by atoms with Gasteiger partial charge in [0.2, 0.25) is 0 Å². The van der Waals surface area contributed by atoms with Crippen molar-refractivity contribution >= 4 is 22.6 Å². The number of carbonyl (C=O) groups is 1. The summed E-state index contributed by atoms with van der Waals surface area (Å²) in [5, 5.41) is 13.8. The fourth-order valence-corrected chi connectivity index (χ4v) is 3.15. The Hall–Kier alpha value is -4.07. The first kappa shape index (κ1) is 18.3. The molecule has 0 aliphatic heterocycles. The van der Waals surface area contributed by atoms with E-state index >= 15 is 0 Å². The fraction of sp³-hybridized carbons (Fsp3) is 0.0952. The van der Waals surface area contributed by atoms with Gasteiger partial charge in [0.15, 0.2) is 0 Å². The zero-order chi connectivity index (χ0) is 20.4. The van der Waals surface area contributed by atoms with E-state index in [0.717, 1.165) is 22.4 Å². The van der Waals surface area contributed by atoms with Gasteiger partial charge in [-0.3, -0.25) is 19.5 Å². The lowest BCUT2D eigenvalue weighted by Gasteiger charge is -2.09. The van der Waals surface area contributed by atoms with Gasteiger partial charge in [0.25, 0.3) is 11.6 Å². The number of nitro benzene ring substituents is 1. The highest BCUT2D eigenvalue weighted by molar-refractivity contribution is 5.96. The average Bonchev–Trinajstić information content (AvgIpc) is 3.16. The molecule has 0 saturated carbocycles. The molecule has 1 amide bonds. The number of amides is 1. The quantitative estimate of drug-likeness (QED) is 0.416. The lowest BCUT2D eigenvalue weighted by molar-refractivity contribution is -0.385. The van der Waals surface area contributed by atoms with Gasteiger partial charge in [-0.2, -0.15) is 0 Å². The number of benzene rings is 2. The van der Waals surface area contributed by atoms with Crippen LogP contribution in [0.15, 0.2) is 67.1 Å². The number of nitro groups is 1. The molecule has 1 N–H and O–H groups in total. The van der Waals surface area contributed by atoms with Crippen molar-refractivity contribution in [2.75, 3.05) is 0 Å². The number of carbonyl (C=O) groups excluding carboxylic acids is 1. The minimum atomic E-state index is -0.492. The monoisotopic (exact) mass is 387 g/mol. The molecule has 2 aromatic heterocycles. The van der Waals surface area contributed by atoms with Crippen molar-refractivity contribution in [3.8, 4) is 5.82 Å². The van der Waals surface area contributed by atoms with Crippen LogP contribution >= 0.6 is 0 Å². The summed E-state index contributed by atoms with van der Waals surface area (Å²) in [6.45, 7) is 1.83. The number of imidazole rings is 1. The van der Waals surface area contributed by atoms with Crippen LogP contribution < -0.4 is 5.32 Å². The minimum absolute atomic E-state index is 0.0729. The SMILES string of the molecule is Cc1c(C(=O)NCc2ccc(-n3cnc4ccccc43)nc2)cccc1[N+](=O)[O-]. The molecule has 144 valence electrons. The third kappa shape index (κ3) is 3.55. The van der Waals surface area contributed by atoms with Crippen LogP contribution in [-0.2, 0) is 6.54 Å². The van der Waals surface area contributed by atoms with Crippen molar-refractivity contribution in [3.63, 3.8) is 0 Å². The molecule has 0 atom stereocenters. The molecule has 4 aromatic rings. The zero-order valence-electron chi connectivity index (χ0n) is 15.6. The van der Waals surface area contributed by atoms with Gasteiger partial charge in [0, 0.05) is 29.9 Å². The first-order valence-corrected chi connectivity index (χ1v) is 8.94. The molecule has 0 aliphatic carbocycles. The van der Waals surface area contributed by atoms with E-state index in [-0.39, 0.29) is 23.7 Å². The van der Waals surface area contributed by atoms with Crippen molar-refractivity contribution in [1.82, 2.24) is 19.9 Å². The predicted octanol–water partition coefficient (Wildman–Crippen LogP) is 3.57. The summed E-state index contributed by atoms with van der Waals surface area (Å²) in [6, 6.07) is 16.0. The second kappa shape index (κ2) is 7.51. The van der Waals surface area contributed by atoms with E-state index in [9.17, 15) is 14.9 Å². The summed E-state index contributed by atoms with van der Waals surface area (Å²) >= 11 is 0. The molecule has 0 radical (unpaired) electrons. The zero-order valence-corrected chi connectivity index (χ0v) is 15.6. The average molecular weight is 387 g/mol. The van der Waals surface area contributed by atoms with E-state index in [1.165, 1.54) is 12.1 Å². The number of nitrogens with one attached hydrogen (secondary N) is 1. The number of hydrogen-bond acceptors (Lipinski definition) is 5. The van der Waals surface area contributed by atoms with Crippen molar-refractivity contribution in [3.05, 3.63) is 93.9 Å². The summed E-state index contributed by atoms with van der Waals surface area (Å²) in [7, 11) is 0. The highest BCUT2D eigenvalue weighted by Gasteiger charge is 2.17. The molecule has 4 rings (SSSR count). The topological polar surface area (TPSA) is 103 Å². The second-order valence-electron chi connectivity index (χ2n) is 6.52. The molecular weight excluding hydrogens is 370 g/mol. The van der Waals surface area contributed by atoms with Gasteiger partial charge in [-0.25, -0.2) is 9.97 Å². The number of rotatable bonds is 5. The molecular formula is C21H17N5O3. The number of hydrogen-bond donors (Lipinski definition) is 1. The van der Waals surface area contributed by atoms with E-state index in [0.29, 0.717) is 5.56 Å². The molecule has 8 heteroatoms. The van der Waals surface area contributed by atoms with E-state index in [2.05, 4.69) is 15.3 Å². The summed E-state index contributed by atoms with van der Waals surface area (Å²) in [5.41, 5.74) is 3.22. The number of pyridine rings is 1. The van der Waals surface area contributed by atoms with Crippen LogP contribution in [0.5, 0.6) is 0 Å². The van der Waals surface area contributed by atoms with Crippen LogP contribution in [0.25, 0.3) is 16.9 Å². The van der Waals surface area contributed by atoms with E-state index in [1.807, 2.05) is 41.0 Å². The van der Waals surface area contributed by atoms with Crippen LogP contribution in [0.1, 0.15) is 21.5 Å². The molecule has 8 nitrogen and oxygen atoms in total. The van der Waals surface area contributed by atoms with Crippen molar-refractivity contribution in [1.29, 1.82) is 0 Å². The number of fused-ring (bicyclic) bond motifs is 1. The Bertz CT molecular complexity index is 1210. The van der Waals surface area contributed by atoms with Gasteiger partial charge < -0.3 is 5.32 Å². The molecule has 2 heterocycles. The maximum Gasteiger partial charge on any atom is 0.273 e. The highest BCUT2D eigenvalue weighted by atomic mass is 16.6. The van der Waals surface area contributed by atoms with Crippen LogP contribution in [0.2, 0.25) is 0 Å². The van der Waals surface area contributed by atoms with Crippen LogP contribution in [0.3, 0.4) is 0 Å². The maximum absolute atomic E-state index is 12.4. The first-order valence-electron chi connectivity index (χ1n) is 8.94. The molecule has 0 saturated heterocycles. The minimum Gasteiger partial charge on any atom is -0.348 e. The van der Waals surface area contributed by atoms with Gasteiger partial charge in [-0.1, -0.05) is 24.3 Å². The van der Waals surface area contributed by atoms with E-state index in [4.69, 9.17) is 0 Å². The summed E-state index contributed by atoms with van der Waals surface area (Å²) in [4.78, 5) is 31.8. The fourth-order valence-electron chi connectivity index (χ4n) is 3.15. The van der Waals surface area contributed by atoms with Gasteiger partial charge in [0.1, 0.15) is 12.1 Å². The summed E-state index contributed by atoms with van der Waals surface area (Å²) in [5.74, 6) is 0.360. The Morgan fingerprint density at radius 1 is 1.10 bits per heavy atom. The Morgan fingerprint density at radius 3 is 2.69 bits per heavy atom. The molecule has 0 aliphatic rings. The van der Waals surface area contributed by atoms with Crippen LogP contribution in [-0.4, -0.2) is 25.4 Å². The number of para-hydroxylation sites is 2. The molecule has 0 bridgehead atoms. The Morgan fingerprint density at radius 2 is 1.93 bits per heavy atom. The third-order valence-electron chi connectivity index (χ3n) is 4.71. The molecule has 0 spiro atoms. The standard InChI is InChI=1S/C21H17N5O3/c1-14-16(5-4-8-18(14)26(28)29)21(27)23-12-15-9-10-20(22-11-15)25-13-24-17-6-2-3-7-19(17)25/h2-11,13H,12H2,1H3,(H,23,27). The van der Waals surface area contributed by atoms with Gasteiger partial charge in [0.05, 0.1) is 16.0 Å². The van der Waals surface area contributed by atoms with Gasteiger partial charge in [-0.15, -0.1) is 0 Å². The lowest BCUT2D eigenvalue weighted by Crippen LogP contribution is -2.24. The van der Waals surface area contributed by atoms with Gasteiger partial charge >= 0.3 is 0 Å². The Kier molecular flexibility index (Phi) is 4.74. The van der Waals surface area contributed by atoms with Crippen LogP contribution in [0, 0.1) is 17.0 Å². The molecule has 0 fully saturated rings. The summed E-state index contributed by atoms with van der Waals surface area (Å²) in [6.07, 6.45) is 3.41. The van der Waals surface area contributed by atoms with Crippen LogP contribution in [0.4, 0.5) is 5.69 Å². The predicted molar refractivity (Wildman–Crippen MR) is 108 cm³/mol. The molecule has 0 unspecified atom stereocenters. The maximum atomic E-state index is 12.4. The van der Waals surface area contributed by atoms with E-state index in [1.54, 1.807) is 25.5 Å². The molecule has 29 heavy (non-hydrogen) atoms. The highest BCUT2D eigenvalue weighted by Crippen LogP contribution is 2.21. The lowest BCUT2D eigenvalue weighted by atomic mass is 10.1. The third-order valence-corrected chi connectivity index (χ3v) is 4.71. The smallest absolute Gasteiger partial charge is 0.273 e. The van der Waals surface area contributed by atoms with E-state index < -0.39 is 4.92 Å².